The van der Waals surface area contributed by atoms with Crippen molar-refractivity contribution < 1.29 is 9.90 Å². The topological polar surface area (TPSA) is 62.2 Å². The number of aromatic carboxylic acids is 1. The SMILES string of the molecule is CSC1(CNc2cccc(C(=O)O)n2)CCCCC1. The molecule has 0 amide bonds. The van der Waals surface area contributed by atoms with Crippen LogP contribution in [0.15, 0.2) is 18.2 Å². The molecule has 5 heteroatoms. The third kappa shape index (κ3) is 3.62. The average molecular weight is 280 g/mol. The van der Waals surface area contributed by atoms with Gasteiger partial charge in [0.2, 0.25) is 0 Å². The lowest BCUT2D eigenvalue weighted by molar-refractivity contribution is 0.0690. The number of thioether (sulfide) groups is 1. The molecule has 0 radical (unpaired) electrons. The van der Waals surface area contributed by atoms with Gasteiger partial charge in [0.1, 0.15) is 5.82 Å². The minimum Gasteiger partial charge on any atom is -0.477 e. The molecule has 1 aromatic heterocycles. The molecule has 1 aliphatic rings. The first-order chi connectivity index (χ1) is 9.15. The average Bonchev–Trinajstić information content (AvgIpc) is 2.46. The highest BCUT2D eigenvalue weighted by atomic mass is 32.2. The molecular formula is C14H20N2O2S. The molecule has 0 aromatic carbocycles. The number of nitrogens with zero attached hydrogens (tertiary/aromatic N) is 1. The van der Waals surface area contributed by atoms with Crippen molar-refractivity contribution >= 4 is 23.5 Å². The normalized spacial score (nSPS) is 17.9. The Morgan fingerprint density at radius 1 is 1.42 bits per heavy atom. The van der Waals surface area contributed by atoms with E-state index in [1.165, 1.54) is 38.2 Å². The highest BCUT2D eigenvalue weighted by Crippen LogP contribution is 2.38. The van der Waals surface area contributed by atoms with Crippen molar-refractivity contribution in [1.82, 2.24) is 4.98 Å². The predicted molar refractivity (Wildman–Crippen MR) is 79.0 cm³/mol. The largest absolute Gasteiger partial charge is 0.477 e. The highest BCUT2D eigenvalue weighted by molar-refractivity contribution is 8.00. The van der Waals surface area contributed by atoms with Gasteiger partial charge in [0, 0.05) is 11.3 Å². The van der Waals surface area contributed by atoms with Crippen LogP contribution in [0.2, 0.25) is 0 Å². The Labute approximate surface area is 118 Å². The molecule has 1 aliphatic carbocycles. The van der Waals surface area contributed by atoms with Gasteiger partial charge >= 0.3 is 5.97 Å². The van der Waals surface area contributed by atoms with E-state index in [1.807, 2.05) is 17.8 Å². The molecule has 1 fully saturated rings. The minimum atomic E-state index is -0.985. The van der Waals surface area contributed by atoms with Gasteiger partial charge in [0.15, 0.2) is 5.69 Å². The zero-order chi connectivity index (χ0) is 13.7. The summed E-state index contributed by atoms with van der Waals surface area (Å²) in [4.78, 5) is 15.0. The fourth-order valence-electron chi connectivity index (χ4n) is 2.55. The molecule has 19 heavy (non-hydrogen) atoms. The molecule has 0 saturated heterocycles. The summed E-state index contributed by atoms with van der Waals surface area (Å²) in [6, 6.07) is 5.06. The van der Waals surface area contributed by atoms with Crippen LogP contribution in [0.4, 0.5) is 5.82 Å². The molecule has 4 nitrogen and oxygen atoms in total. The maximum atomic E-state index is 10.9. The van der Waals surface area contributed by atoms with Gasteiger partial charge in [-0.05, 0) is 31.2 Å². The Kier molecular flexibility index (Phi) is 4.69. The van der Waals surface area contributed by atoms with Gasteiger partial charge in [0.25, 0.3) is 0 Å². The van der Waals surface area contributed by atoms with Gasteiger partial charge < -0.3 is 10.4 Å². The summed E-state index contributed by atoms with van der Waals surface area (Å²) in [6.07, 6.45) is 8.50. The van der Waals surface area contributed by atoms with Crippen molar-refractivity contribution in [3.05, 3.63) is 23.9 Å². The number of carbonyl (C=O) groups is 1. The Morgan fingerprint density at radius 3 is 2.79 bits per heavy atom. The van der Waals surface area contributed by atoms with E-state index < -0.39 is 5.97 Å². The van der Waals surface area contributed by atoms with E-state index in [0.29, 0.717) is 5.82 Å². The van der Waals surface area contributed by atoms with Gasteiger partial charge in [0.05, 0.1) is 0 Å². The number of pyridine rings is 1. The number of nitrogens with one attached hydrogen (secondary N) is 1. The van der Waals surface area contributed by atoms with Crippen LogP contribution >= 0.6 is 11.8 Å². The summed E-state index contributed by atoms with van der Waals surface area (Å²) in [5.74, 6) is -0.334. The molecule has 0 aliphatic heterocycles. The summed E-state index contributed by atoms with van der Waals surface area (Å²) in [6.45, 7) is 0.851. The second-order valence-corrected chi connectivity index (χ2v) is 6.29. The molecule has 1 saturated carbocycles. The lowest BCUT2D eigenvalue weighted by atomic mass is 9.88. The smallest absolute Gasteiger partial charge is 0.354 e. The number of carboxylic acids is 1. The van der Waals surface area contributed by atoms with Gasteiger partial charge in [-0.3, -0.25) is 0 Å². The molecule has 2 rings (SSSR count). The van der Waals surface area contributed by atoms with E-state index in [2.05, 4.69) is 16.6 Å². The second-order valence-electron chi connectivity index (χ2n) is 5.01. The quantitative estimate of drug-likeness (QED) is 0.867. The Hall–Kier alpha value is -1.23. The summed E-state index contributed by atoms with van der Waals surface area (Å²) in [5.41, 5.74) is 0.0897. The molecule has 1 heterocycles. The van der Waals surface area contributed by atoms with Crippen LogP contribution in [-0.4, -0.2) is 33.6 Å². The first-order valence-corrected chi connectivity index (χ1v) is 7.87. The fourth-order valence-corrected chi connectivity index (χ4v) is 3.47. The van der Waals surface area contributed by atoms with Gasteiger partial charge in [-0.25, -0.2) is 9.78 Å². The fraction of sp³-hybridized carbons (Fsp3) is 0.571. The molecular weight excluding hydrogens is 260 g/mol. The summed E-state index contributed by atoms with van der Waals surface area (Å²) >= 11 is 1.92. The van der Waals surface area contributed by atoms with Crippen molar-refractivity contribution in [2.24, 2.45) is 0 Å². The van der Waals surface area contributed by atoms with Crippen LogP contribution < -0.4 is 5.32 Å². The molecule has 104 valence electrons. The van der Waals surface area contributed by atoms with Crippen molar-refractivity contribution in [3.63, 3.8) is 0 Å². The number of hydrogen-bond acceptors (Lipinski definition) is 4. The highest BCUT2D eigenvalue weighted by Gasteiger charge is 2.30. The van der Waals surface area contributed by atoms with Gasteiger partial charge in [-0.1, -0.05) is 25.3 Å². The molecule has 0 unspecified atom stereocenters. The first kappa shape index (κ1) is 14.2. The maximum absolute atomic E-state index is 10.9. The lowest BCUT2D eigenvalue weighted by Crippen LogP contribution is -2.35. The number of carboxylic acid groups (broad SMARTS) is 1. The summed E-state index contributed by atoms with van der Waals surface area (Å²) < 4.78 is 0.277. The van der Waals surface area contributed by atoms with Crippen molar-refractivity contribution in [2.75, 3.05) is 18.1 Å². The molecule has 0 atom stereocenters. The second kappa shape index (κ2) is 6.28. The van der Waals surface area contributed by atoms with Crippen LogP contribution in [0.5, 0.6) is 0 Å². The Bertz CT molecular complexity index is 445. The van der Waals surface area contributed by atoms with Crippen LogP contribution in [0.1, 0.15) is 42.6 Å². The van der Waals surface area contributed by atoms with Crippen LogP contribution in [0, 0.1) is 0 Å². The van der Waals surface area contributed by atoms with Crippen molar-refractivity contribution in [1.29, 1.82) is 0 Å². The van der Waals surface area contributed by atoms with E-state index in [9.17, 15) is 4.79 Å². The van der Waals surface area contributed by atoms with E-state index in [-0.39, 0.29) is 10.4 Å². The third-order valence-corrected chi connectivity index (χ3v) is 5.18. The number of aromatic nitrogens is 1. The maximum Gasteiger partial charge on any atom is 0.354 e. The Morgan fingerprint density at radius 2 is 2.16 bits per heavy atom. The zero-order valence-corrected chi connectivity index (χ0v) is 12.0. The number of hydrogen-bond donors (Lipinski definition) is 2. The first-order valence-electron chi connectivity index (χ1n) is 6.65. The molecule has 1 aromatic rings. The van der Waals surface area contributed by atoms with Crippen molar-refractivity contribution in [2.45, 2.75) is 36.9 Å². The summed E-state index contributed by atoms with van der Waals surface area (Å²) in [5, 5.41) is 12.2. The number of anilines is 1. The van der Waals surface area contributed by atoms with Gasteiger partial charge in [-0.2, -0.15) is 11.8 Å². The third-order valence-electron chi connectivity index (χ3n) is 3.76. The van der Waals surface area contributed by atoms with Crippen LogP contribution in [0.3, 0.4) is 0 Å². The zero-order valence-electron chi connectivity index (χ0n) is 11.2. The summed E-state index contributed by atoms with van der Waals surface area (Å²) in [7, 11) is 0. The molecule has 2 N–H and O–H groups in total. The van der Waals surface area contributed by atoms with Crippen LogP contribution in [0.25, 0.3) is 0 Å². The van der Waals surface area contributed by atoms with E-state index >= 15 is 0 Å². The van der Waals surface area contributed by atoms with E-state index in [0.717, 1.165) is 6.54 Å². The standard InChI is InChI=1S/C14H20N2O2S/c1-19-14(8-3-2-4-9-14)10-15-12-7-5-6-11(16-12)13(17)18/h5-7H,2-4,8-10H2,1H3,(H,15,16)(H,17,18). The predicted octanol–water partition coefficient (Wildman–Crippen LogP) is 3.26. The number of rotatable bonds is 5. The lowest BCUT2D eigenvalue weighted by Gasteiger charge is -2.36. The van der Waals surface area contributed by atoms with Crippen LogP contribution in [-0.2, 0) is 0 Å². The van der Waals surface area contributed by atoms with E-state index in [4.69, 9.17) is 5.11 Å². The minimum absolute atomic E-state index is 0.0897. The molecule has 0 spiro atoms. The van der Waals surface area contributed by atoms with Crippen molar-refractivity contribution in [3.8, 4) is 0 Å². The monoisotopic (exact) mass is 280 g/mol. The van der Waals surface area contributed by atoms with Gasteiger partial charge in [-0.15, -0.1) is 0 Å². The molecule has 0 bridgehead atoms. The Balaban J connectivity index is 2.00. The van der Waals surface area contributed by atoms with E-state index in [1.54, 1.807) is 6.07 Å².